The molecule has 2 amide bonds. The first-order valence-corrected chi connectivity index (χ1v) is 9.04. The summed E-state index contributed by atoms with van der Waals surface area (Å²) >= 11 is 0. The van der Waals surface area contributed by atoms with Crippen LogP contribution in [0.5, 0.6) is 0 Å². The van der Waals surface area contributed by atoms with Gasteiger partial charge in [0.2, 0.25) is 11.8 Å². The second kappa shape index (κ2) is 6.05. The second-order valence-electron chi connectivity index (χ2n) is 6.04. The molecule has 1 atom stereocenters. The predicted octanol–water partition coefficient (Wildman–Crippen LogP) is 1.42. The minimum Gasteiger partial charge on any atom is -0.368 e. The van der Waals surface area contributed by atoms with Crippen LogP contribution in [0.25, 0.3) is 0 Å². The smallest absolute Gasteiger partial charge is 0.240 e. The third-order valence-corrected chi connectivity index (χ3v) is 7.85. The zero-order valence-electron chi connectivity index (χ0n) is 12.2. The molecule has 0 aliphatic rings. The molecule has 0 aliphatic heterocycles. The Balaban J connectivity index is 4.74. The Morgan fingerprint density at radius 2 is 1.83 bits per heavy atom. The monoisotopic (exact) mass is 268 g/mol. The van der Waals surface area contributed by atoms with Gasteiger partial charge in [0, 0.05) is 13.3 Å². The van der Waals surface area contributed by atoms with Crippen LogP contribution in [0.15, 0.2) is 0 Å². The number of carbonyl (C=O) groups is 2. The molecule has 0 aromatic carbocycles. The summed E-state index contributed by atoms with van der Waals surface area (Å²) in [5.41, 5.74) is 8.50. The number of hydrogen-bond acceptors (Lipinski definition) is 2. The third-order valence-electron chi connectivity index (χ3n) is 3.30. The quantitative estimate of drug-likeness (QED) is 0.600. The largest absolute Gasteiger partial charge is 0.368 e. The Bertz CT molecular complexity index is 386. The summed E-state index contributed by atoms with van der Waals surface area (Å²) in [4.78, 5) is 22.1. The molecular formula is C13H24N2O2Si. The Morgan fingerprint density at radius 3 is 2.17 bits per heavy atom. The van der Waals surface area contributed by atoms with Crippen LogP contribution >= 0.6 is 0 Å². The van der Waals surface area contributed by atoms with E-state index >= 15 is 0 Å². The van der Waals surface area contributed by atoms with Crippen molar-refractivity contribution in [2.75, 3.05) is 0 Å². The number of rotatable bonds is 3. The van der Waals surface area contributed by atoms with Gasteiger partial charge in [0.25, 0.3) is 0 Å². The third kappa shape index (κ3) is 5.37. The molecule has 4 nitrogen and oxygen atoms in total. The average Bonchev–Trinajstić information content (AvgIpc) is 2.13. The van der Waals surface area contributed by atoms with Crippen molar-refractivity contribution in [1.29, 1.82) is 0 Å². The molecule has 0 heterocycles. The molecule has 3 N–H and O–H groups in total. The van der Waals surface area contributed by atoms with E-state index in [1.807, 2.05) is 0 Å². The maximum Gasteiger partial charge on any atom is 0.240 e. The SMILES string of the molecule is CC(=O)N[C@H](CC#C[Si](C)(C)C(C)(C)C)C(N)=O. The first-order chi connectivity index (χ1) is 7.97. The maximum absolute atomic E-state index is 11.1. The highest BCUT2D eigenvalue weighted by molar-refractivity contribution is 6.87. The van der Waals surface area contributed by atoms with Gasteiger partial charge < -0.3 is 11.1 Å². The van der Waals surface area contributed by atoms with Crippen LogP contribution in [0.2, 0.25) is 18.1 Å². The number of nitrogens with two attached hydrogens (primary N) is 1. The summed E-state index contributed by atoms with van der Waals surface area (Å²) in [6.45, 7) is 12.3. The lowest BCUT2D eigenvalue weighted by Crippen LogP contribution is -2.43. The first kappa shape index (κ1) is 16.7. The molecule has 0 radical (unpaired) electrons. The fourth-order valence-corrected chi connectivity index (χ4v) is 1.95. The summed E-state index contributed by atoms with van der Waals surface area (Å²) in [6, 6.07) is -0.695. The van der Waals surface area contributed by atoms with Gasteiger partial charge in [-0.1, -0.05) is 33.9 Å². The number of primary amides is 1. The summed E-state index contributed by atoms with van der Waals surface area (Å²) in [5, 5.41) is 2.68. The van der Waals surface area contributed by atoms with E-state index < -0.39 is 20.0 Å². The number of hydrogen-bond donors (Lipinski definition) is 2. The summed E-state index contributed by atoms with van der Waals surface area (Å²) < 4.78 is 0. The number of carbonyl (C=O) groups excluding carboxylic acids is 2. The molecular weight excluding hydrogens is 244 g/mol. The molecule has 0 saturated heterocycles. The Morgan fingerprint density at radius 1 is 1.33 bits per heavy atom. The minimum atomic E-state index is -1.67. The molecule has 5 heteroatoms. The Hall–Kier alpha value is -1.28. The van der Waals surface area contributed by atoms with Crippen molar-refractivity contribution in [2.45, 2.75) is 58.3 Å². The molecule has 102 valence electrons. The van der Waals surface area contributed by atoms with Crippen molar-refractivity contribution < 1.29 is 9.59 Å². The standard InChI is InChI=1S/C13H24N2O2Si/c1-10(16)15-11(12(14)17)8-7-9-18(5,6)13(2,3)4/h11H,8H2,1-6H3,(H2,14,17)(H,15,16)/t11-/m1/s1. The maximum atomic E-state index is 11.1. The second-order valence-corrected chi connectivity index (χ2v) is 11.0. The zero-order valence-corrected chi connectivity index (χ0v) is 13.2. The Labute approximate surface area is 111 Å². The predicted molar refractivity (Wildman–Crippen MR) is 76.4 cm³/mol. The fourth-order valence-electron chi connectivity index (χ4n) is 1.03. The van der Waals surface area contributed by atoms with Gasteiger partial charge in [-0.3, -0.25) is 9.59 Å². The molecule has 0 aromatic rings. The van der Waals surface area contributed by atoms with Crippen LogP contribution in [0.3, 0.4) is 0 Å². The highest BCUT2D eigenvalue weighted by Crippen LogP contribution is 2.35. The molecule has 0 aliphatic carbocycles. The van der Waals surface area contributed by atoms with Crippen molar-refractivity contribution in [3.8, 4) is 11.5 Å². The van der Waals surface area contributed by atoms with Crippen LogP contribution in [0.1, 0.15) is 34.1 Å². The minimum absolute atomic E-state index is 0.177. The van der Waals surface area contributed by atoms with Crippen molar-refractivity contribution in [3.63, 3.8) is 0 Å². The van der Waals surface area contributed by atoms with E-state index in [4.69, 9.17) is 5.73 Å². The molecule has 18 heavy (non-hydrogen) atoms. The van der Waals surface area contributed by atoms with Crippen molar-refractivity contribution in [3.05, 3.63) is 0 Å². The molecule has 0 fully saturated rings. The van der Waals surface area contributed by atoms with E-state index in [1.54, 1.807) is 0 Å². The van der Waals surface area contributed by atoms with Gasteiger partial charge in [-0.2, -0.15) is 0 Å². The van der Waals surface area contributed by atoms with Crippen LogP contribution < -0.4 is 11.1 Å². The normalized spacial score (nSPS) is 13.2. The highest BCUT2D eigenvalue weighted by atomic mass is 28.3. The van der Waals surface area contributed by atoms with E-state index in [2.05, 4.69) is 50.6 Å². The lowest BCUT2D eigenvalue weighted by atomic mass is 10.2. The lowest BCUT2D eigenvalue weighted by molar-refractivity contribution is -0.126. The summed E-state index contributed by atoms with van der Waals surface area (Å²) in [5.74, 6) is 2.20. The van der Waals surface area contributed by atoms with Gasteiger partial charge >= 0.3 is 0 Å². The van der Waals surface area contributed by atoms with Crippen LogP contribution in [-0.2, 0) is 9.59 Å². The lowest BCUT2D eigenvalue weighted by Gasteiger charge is -2.31. The number of nitrogens with one attached hydrogen (secondary N) is 1. The molecule has 0 unspecified atom stereocenters. The Kier molecular flexibility index (Phi) is 5.62. The van der Waals surface area contributed by atoms with E-state index in [1.165, 1.54) is 6.92 Å². The topological polar surface area (TPSA) is 72.2 Å². The zero-order chi connectivity index (χ0) is 14.6. The number of amides is 2. The van der Waals surface area contributed by atoms with Crippen molar-refractivity contribution in [1.82, 2.24) is 5.32 Å². The summed E-state index contributed by atoms with van der Waals surface area (Å²) in [6.07, 6.45) is 0.279. The van der Waals surface area contributed by atoms with Crippen LogP contribution in [0.4, 0.5) is 0 Å². The van der Waals surface area contributed by atoms with Gasteiger partial charge in [0.05, 0.1) is 0 Å². The van der Waals surface area contributed by atoms with E-state index in [0.29, 0.717) is 0 Å². The van der Waals surface area contributed by atoms with Crippen LogP contribution in [-0.4, -0.2) is 25.9 Å². The van der Waals surface area contributed by atoms with Crippen molar-refractivity contribution >= 4 is 19.9 Å². The molecule has 0 bridgehead atoms. The molecule has 0 rings (SSSR count). The van der Waals surface area contributed by atoms with Gasteiger partial charge in [-0.25, -0.2) is 0 Å². The van der Waals surface area contributed by atoms with E-state index in [9.17, 15) is 9.59 Å². The van der Waals surface area contributed by atoms with Gasteiger partial charge in [0.1, 0.15) is 14.1 Å². The van der Waals surface area contributed by atoms with Crippen molar-refractivity contribution in [2.24, 2.45) is 5.73 Å². The van der Waals surface area contributed by atoms with Gasteiger partial charge in [0.15, 0.2) is 0 Å². The summed E-state index contributed by atoms with van der Waals surface area (Å²) in [7, 11) is -1.67. The van der Waals surface area contributed by atoms with E-state index in [0.717, 1.165) is 0 Å². The van der Waals surface area contributed by atoms with E-state index in [-0.39, 0.29) is 17.4 Å². The molecule has 0 aromatic heterocycles. The van der Waals surface area contributed by atoms with Crippen LogP contribution in [0, 0.1) is 11.5 Å². The average molecular weight is 268 g/mol. The van der Waals surface area contributed by atoms with Gasteiger partial charge in [-0.05, 0) is 5.04 Å². The first-order valence-electron chi connectivity index (χ1n) is 6.04. The molecule has 0 saturated carbocycles. The fraction of sp³-hybridized carbons (Fsp3) is 0.692. The molecule has 0 spiro atoms. The highest BCUT2D eigenvalue weighted by Gasteiger charge is 2.33. The van der Waals surface area contributed by atoms with Gasteiger partial charge in [-0.15, -0.1) is 11.5 Å².